The molecule has 0 fully saturated rings. The van der Waals surface area contributed by atoms with Gasteiger partial charge in [-0.15, -0.1) is 0 Å². The van der Waals surface area contributed by atoms with E-state index >= 15 is 0 Å². The number of rotatable bonds is 14. The van der Waals surface area contributed by atoms with E-state index in [2.05, 4.69) is 26.6 Å². The van der Waals surface area contributed by atoms with Gasteiger partial charge in [0.25, 0.3) is 5.69 Å². The molecule has 0 radical (unpaired) electrons. The number of carboxylic acids is 1. The topological polar surface area (TPSA) is 226 Å². The summed E-state index contributed by atoms with van der Waals surface area (Å²) >= 11 is 0. The molecule has 0 aliphatic carbocycles. The summed E-state index contributed by atoms with van der Waals surface area (Å²) in [5, 5.41) is 31.7. The first kappa shape index (κ1) is 32.5. The van der Waals surface area contributed by atoms with Crippen LogP contribution in [0.3, 0.4) is 0 Å². The molecule has 0 aliphatic heterocycles. The lowest BCUT2D eigenvalue weighted by molar-refractivity contribution is -0.384. The van der Waals surface area contributed by atoms with E-state index in [1.54, 1.807) is 13.8 Å². The number of anilines is 1. The normalized spacial score (nSPS) is 13.7. The Morgan fingerprint density at radius 1 is 0.744 bits per heavy atom. The highest BCUT2D eigenvalue weighted by molar-refractivity contribution is 5.99. The van der Waals surface area contributed by atoms with E-state index in [9.17, 15) is 38.9 Å². The summed E-state index contributed by atoms with van der Waals surface area (Å²) in [6.07, 6.45) is -0.701. The Hall–Kier alpha value is -4.56. The van der Waals surface area contributed by atoms with Gasteiger partial charge in [0.2, 0.25) is 29.5 Å². The summed E-state index contributed by atoms with van der Waals surface area (Å²) < 4.78 is 0. The summed E-state index contributed by atoms with van der Waals surface area (Å²) in [6.45, 7) is 7.51. The van der Waals surface area contributed by atoms with Crippen LogP contribution in [0.25, 0.3) is 0 Å². The molecule has 0 spiro atoms. The molecule has 1 rings (SSSR count). The van der Waals surface area contributed by atoms with Crippen LogP contribution in [0.5, 0.6) is 0 Å². The van der Waals surface area contributed by atoms with Crippen LogP contribution in [-0.4, -0.2) is 69.7 Å². The first-order valence-electron chi connectivity index (χ1n) is 12.1. The van der Waals surface area contributed by atoms with Crippen LogP contribution in [0, 0.1) is 16.0 Å². The van der Waals surface area contributed by atoms with Crippen molar-refractivity contribution in [3.05, 3.63) is 34.4 Å². The van der Waals surface area contributed by atoms with E-state index in [-0.39, 0.29) is 17.8 Å². The summed E-state index contributed by atoms with van der Waals surface area (Å²) in [4.78, 5) is 82.8. The van der Waals surface area contributed by atoms with Gasteiger partial charge in [-0.1, -0.05) is 13.8 Å². The molecule has 0 heterocycles. The molecule has 0 aromatic heterocycles. The SMILES string of the molecule is CC(C)[C@H](NC(=O)[C@@H](C)NC(=O)[C@H](C)NC(=O)CCC(=O)O)C(=O)N[C@@H](C)C(=O)Nc1ccc([N+](=O)[O-])cc1. The van der Waals surface area contributed by atoms with E-state index in [0.717, 1.165) is 0 Å². The maximum atomic E-state index is 12.8. The molecule has 5 amide bonds. The molecular weight excluding hydrogens is 516 g/mol. The van der Waals surface area contributed by atoms with Crippen LogP contribution >= 0.6 is 0 Å². The second-order valence-corrected chi connectivity index (χ2v) is 9.17. The van der Waals surface area contributed by atoms with E-state index in [4.69, 9.17) is 5.11 Å². The number of carboxylic acid groups (broad SMARTS) is 1. The lowest BCUT2D eigenvalue weighted by atomic mass is 10.0. The quantitative estimate of drug-likeness (QED) is 0.136. The predicted molar refractivity (Wildman–Crippen MR) is 138 cm³/mol. The molecule has 4 atom stereocenters. The van der Waals surface area contributed by atoms with Gasteiger partial charge in [-0.2, -0.15) is 0 Å². The molecule has 15 heteroatoms. The maximum Gasteiger partial charge on any atom is 0.303 e. The molecule has 6 N–H and O–H groups in total. The summed E-state index contributed by atoms with van der Waals surface area (Å²) in [5.41, 5.74) is 0.141. The van der Waals surface area contributed by atoms with Crippen LogP contribution < -0.4 is 26.6 Å². The van der Waals surface area contributed by atoms with Gasteiger partial charge in [-0.05, 0) is 38.8 Å². The van der Waals surface area contributed by atoms with E-state index in [0.29, 0.717) is 0 Å². The maximum absolute atomic E-state index is 12.8. The Morgan fingerprint density at radius 2 is 1.23 bits per heavy atom. The van der Waals surface area contributed by atoms with Gasteiger partial charge in [0.15, 0.2) is 0 Å². The zero-order valence-corrected chi connectivity index (χ0v) is 22.3. The van der Waals surface area contributed by atoms with Crippen LogP contribution in [-0.2, 0) is 28.8 Å². The van der Waals surface area contributed by atoms with E-state index in [1.165, 1.54) is 45.0 Å². The first-order valence-corrected chi connectivity index (χ1v) is 12.1. The number of carbonyl (C=O) groups excluding carboxylic acids is 5. The molecule has 0 saturated heterocycles. The van der Waals surface area contributed by atoms with Gasteiger partial charge in [-0.3, -0.25) is 38.9 Å². The average Bonchev–Trinajstić information content (AvgIpc) is 2.85. The second kappa shape index (κ2) is 15.0. The van der Waals surface area contributed by atoms with Crippen LogP contribution in [0.15, 0.2) is 24.3 Å². The third-order valence-electron chi connectivity index (χ3n) is 5.43. The van der Waals surface area contributed by atoms with E-state index < -0.39 is 76.9 Å². The average molecular weight is 551 g/mol. The lowest BCUT2D eigenvalue weighted by Gasteiger charge is -2.26. The minimum Gasteiger partial charge on any atom is -0.481 e. The number of non-ortho nitro benzene ring substituents is 1. The third-order valence-corrected chi connectivity index (χ3v) is 5.43. The monoisotopic (exact) mass is 550 g/mol. The van der Waals surface area contributed by atoms with Gasteiger partial charge in [-0.25, -0.2) is 0 Å². The number of carbonyl (C=O) groups is 6. The van der Waals surface area contributed by atoms with Gasteiger partial charge in [0, 0.05) is 24.2 Å². The summed E-state index contributed by atoms with van der Waals surface area (Å²) in [7, 11) is 0. The smallest absolute Gasteiger partial charge is 0.303 e. The lowest BCUT2D eigenvalue weighted by Crippen LogP contribution is -2.58. The van der Waals surface area contributed by atoms with Crippen molar-refractivity contribution in [2.45, 2.75) is 71.6 Å². The first-order chi connectivity index (χ1) is 18.1. The fourth-order valence-electron chi connectivity index (χ4n) is 3.10. The van der Waals surface area contributed by atoms with Gasteiger partial charge in [0.05, 0.1) is 11.3 Å². The zero-order chi connectivity index (χ0) is 29.9. The number of aliphatic carboxylic acids is 1. The third kappa shape index (κ3) is 11.2. The highest BCUT2D eigenvalue weighted by atomic mass is 16.6. The van der Waals surface area contributed by atoms with Crippen molar-refractivity contribution in [3.63, 3.8) is 0 Å². The van der Waals surface area contributed by atoms with Crippen LogP contribution in [0.1, 0.15) is 47.5 Å². The molecule has 39 heavy (non-hydrogen) atoms. The Labute approximate surface area is 224 Å². The fraction of sp³-hybridized carbons (Fsp3) is 0.500. The molecule has 0 aliphatic rings. The zero-order valence-electron chi connectivity index (χ0n) is 22.3. The van der Waals surface area contributed by atoms with Crippen LogP contribution in [0.2, 0.25) is 0 Å². The number of benzene rings is 1. The molecule has 1 aromatic carbocycles. The molecule has 0 unspecified atom stereocenters. The van der Waals surface area contributed by atoms with Crippen molar-refractivity contribution in [1.82, 2.24) is 21.3 Å². The fourth-order valence-corrected chi connectivity index (χ4v) is 3.10. The molecule has 0 bridgehead atoms. The van der Waals surface area contributed by atoms with E-state index in [1.807, 2.05) is 0 Å². The molecule has 1 aromatic rings. The Morgan fingerprint density at radius 3 is 1.74 bits per heavy atom. The minimum absolute atomic E-state index is 0.148. The summed E-state index contributed by atoms with van der Waals surface area (Å²) in [6, 6.07) is 0.926. The molecule has 214 valence electrons. The van der Waals surface area contributed by atoms with Gasteiger partial charge >= 0.3 is 5.97 Å². The van der Waals surface area contributed by atoms with Crippen molar-refractivity contribution in [3.8, 4) is 0 Å². The number of nitrogens with one attached hydrogen (secondary N) is 5. The van der Waals surface area contributed by atoms with Crippen molar-refractivity contribution in [2.24, 2.45) is 5.92 Å². The minimum atomic E-state index is -1.16. The second-order valence-electron chi connectivity index (χ2n) is 9.17. The number of nitro benzene ring substituents is 1. The Balaban J connectivity index is 2.67. The summed E-state index contributed by atoms with van der Waals surface area (Å²) in [5.74, 6) is -4.81. The highest BCUT2D eigenvalue weighted by Crippen LogP contribution is 2.15. The number of nitro groups is 1. The van der Waals surface area contributed by atoms with Crippen molar-refractivity contribution < 1.29 is 38.8 Å². The van der Waals surface area contributed by atoms with Crippen molar-refractivity contribution in [2.75, 3.05) is 5.32 Å². The number of nitrogens with zero attached hydrogens (tertiary/aromatic N) is 1. The van der Waals surface area contributed by atoms with Gasteiger partial charge in [0.1, 0.15) is 24.2 Å². The Kier molecular flexibility index (Phi) is 12.5. The highest BCUT2D eigenvalue weighted by Gasteiger charge is 2.29. The molecule has 15 nitrogen and oxygen atoms in total. The number of amides is 5. The largest absolute Gasteiger partial charge is 0.481 e. The van der Waals surface area contributed by atoms with Gasteiger partial charge < -0.3 is 31.7 Å². The van der Waals surface area contributed by atoms with Crippen molar-refractivity contribution in [1.29, 1.82) is 0 Å². The standard InChI is InChI=1S/C24H34N6O9/c1-12(2)20(24(37)27-14(4)22(35)28-16-6-8-17(9-7-16)30(38)39)29-23(36)15(5)26-21(34)13(3)25-18(31)10-11-19(32)33/h6-9,12-15,20H,10-11H2,1-5H3,(H,25,31)(H,26,34)(H,27,37)(H,28,35)(H,29,36)(H,32,33)/t13-,14-,15+,20-/m0/s1. The number of hydrogen-bond acceptors (Lipinski definition) is 8. The van der Waals surface area contributed by atoms with Crippen molar-refractivity contribution >= 4 is 46.9 Å². The van der Waals surface area contributed by atoms with Crippen LogP contribution in [0.4, 0.5) is 11.4 Å². The Bertz CT molecular complexity index is 1090. The molecule has 0 saturated carbocycles. The number of hydrogen-bond donors (Lipinski definition) is 6. The molecular formula is C24H34N6O9. The predicted octanol–water partition coefficient (Wildman–Crippen LogP) is 0.0530.